The van der Waals surface area contributed by atoms with Gasteiger partial charge in [0.15, 0.2) is 0 Å². The van der Waals surface area contributed by atoms with Crippen molar-refractivity contribution in [3.05, 3.63) is 0 Å². The zero-order valence-corrected chi connectivity index (χ0v) is 5.54. The smallest absolute Gasteiger partial charge is 0.0753 e. The molecule has 0 spiro atoms. The first-order valence-electron chi connectivity index (χ1n) is 3.08. The third kappa shape index (κ3) is 1.21. The first-order valence-corrected chi connectivity index (χ1v) is 3.08. The van der Waals surface area contributed by atoms with E-state index in [0.717, 1.165) is 13.1 Å². The summed E-state index contributed by atoms with van der Waals surface area (Å²) in [5.74, 6) is 0.0509. The van der Waals surface area contributed by atoms with Crippen molar-refractivity contribution >= 4 is 0 Å². The Kier molecular flexibility index (Phi) is 1.70. The molecular weight excluding hydrogens is 114 g/mol. The van der Waals surface area contributed by atoms with Gasteiger partial charge in [0.1, 0.15) is 0 Å². The summed E-state index contributed by atoms with van der Waals surface area (Å²) in [4.78, 5) is 2.08. The Balaban J connectivity index is 2.50. The van der Waals surface area contributed by atoms with Crippen LogP contribution >= 0.6 is 0 Å². The number of nitrogens with two attached hydrogens (primary N) is 1. The van der Waals surface area contributed by atoms with Gasteiger partial charge in [-0.15, -0.1) is 0 Å². The van der Waals surface area contributed by atoms with Crippen molar-refractivity contribution in [3.63, 3.8) is 0 Å². The van der Waals surface area contributed by atoms with Gasteiger partial charge in [0, 0.05) is 19.1 Å². The van der Waals surface area contributed by atoms with E-state index < -0.39 is 0 Å². The van der Waals surface area contributed by atoms with E-state index in [1.165, 1.54) is 0 Å². The zero-order valence-electron chi connectivity index (χ0n) is 5.54. The monoisotopic (exact) mass is 125 g/mol. The van der Waals surface area contributed by atoms with Crippen LogP contribution in [0.4, 0.5) is 0 Å². The maximum Gasteiger partial charge on any atom is 0.0753 e. The topological polar surface area (TPSA) is 53.0 Å². The van der Waals surface area contributed by atoms with Gasteiger partial charge in [-0.3, -0.25) is 0 Å². The van der Waals surface area contributed by atoms with E-state index in [1.807, 2.05) is 7.05 Å². The highest BCUT2D eigenvalue weighted by Crippen LogP contribution is 2.11. The van der Waals surface area contributed by atoms with E-state index in [-0.39, 0.29) is 12.0 Å². The molecule has 0 bridgehead atoms. The van der Waals surface area contributed by atoms with E-state index >= 15 is 0 Å². The Labute approximate surface area is 55.1 Å². The predicted octanol–water partition coefficient (Wildman–Crippen LogP) is -0.601. The second-order valence-corrected chi connectivity index (χ2v) is 2.62. The summed E-state index contributed by atoms with van der Waals surface area (Å²) in [5.41, 5.74) is 5.62. The molecule has 1 aliphatic heterocycles. The van der Waals surface area contributed by atoms with Gasteiger partial charge >= 0.3 is 0 Å². The third-order valence-corrected chi connectivity index (χ3v) is 1.71. The standard InChI is InChI=1S/C6H11N3/c1-9-3-5(2-7)6(8)4-9/h5-6H,3-4,8H2,1H3/t5?,6-/m0/s1. The van der Waals surface area contributed by atoms with Crippen molar-refractivity contribution in [2.24, 2.45) is 11.7 Å². The Morgan fingerprint density at radius 1 is 1.67 bits per heavy atom. The molecule has 50 valence electrons. The second kappa shape index (κ2) is 2.34. The minimum Gasteiger partial charge on any atom is -0.325 e. The molecule has 1 heterocycles. The van der Waals surface area contributed by atoms with E-state index in [9.17, 15) is 0 Å². The first-order chi connectivity index (χ1) is 4.24. The maximum atomic E-state index is 8.50. The fourth-order valence-corrected chi connectivity index (χ4v) is 1.17. The lowest BCUT2D eigenvalue weighted by Crippen LogP contribution is -2.28. The Morgan fingerprint density at radius 3 is 2.56 bits per heavy atom. The van der Waals surface area contributed by atoms with Gasteiger partial charge in [-0.25, -0.2) is 0 Å². The summed E-state index contributed by atoms with van der Waals surface area (Å²) >= 11 is 0. The average molecular weight is 125 g/mol. The highest BCUT2D eigenvalue weighted by Gasteiger charge is 2.26. The molecule has 1 saturated heterocycles. The number of likely N-dealkylation sites (N-methyl/N-ethyl adjacent to an activating group) is 1. The van der Waals surface area contributed by atoms with Crippen LogP contribution in [0, 0.1) is 17.2 Å². The van der Waals surface area contributed by atoms with Crippen LogP contribution in [0.3, 0.4) is 0 Å². The lowest BCUT2D eigenvalue weighted by Gasteiger charge is -2.02. The molecule has 2 atom stereocenters. The van der Waals surface area contributed by atoms with Crippen molar-refractivity contribution in [1.29, 1.82) is 5.26 Å². The molecule has 0 aromatic carbocycles. The van der Waals surface area contributed by atoms with Crippen LogP contribution in [0.15, 0.2) is 0 Å². The predicted molar refractivity (Wildman–Crippen MR) is 34.6 cm³/mol. The second-order valence-electron chi connectivity index (χ2n) is 2.62. The number of hydrogen-bond donors (Lipinski definition) is 1. The fourth-order valence-electron chi connectivity index (χ4n) is 1.17. The van der Waals surface area contributed by atoms with Crippen molar-refractivity contribution < 1.29 is 0 Å². The lowest BCUT2D eigenvalue weighted by molar-refractivity contribution is 0.406. The summed E-state index contributed by atoms with van der Waals surface area (Å²) in [6.45, 7) is 1.69. The molecule has 0 amide bonds. The summed E-state index contributed by atoms with van der Waals surface area (Å²) in [6.07, 6.45) is 0. The van der Waals surface area contributed by atoms with Crippen LogP contribution < -0.4 is 5.73 Å². The number of nitriles is 1. The maximum absolute atomic E-state index is 8.50. The van der Waals surface area contributed by atoms with Crippen molar-refractivity contribution in [3.8, 4) is 6.07 Å². The summed E-state index contributed by atoms with van der Waals surface area (Å²) in [7, 11) is 1.98. The van der Waals surface area contributed by atoms with Crippen molar-refractivity contribution in [2.75, 3.05) is 20.1 Å². The number of hydrogen-bond acceptors (Lipinski definition) is 3. The zero-order chi connectivity index (χ0) is 6.85. The van der Waals surface area contributed by atoms with E-state index in [2.05, 4.69) is 11.0 Å². The summed E-state index contributed by atoms with van der Waals surface area (Å²) in [5, 5.41) is 8.50. The van der Waals surface area contributed by atoms with Gasteiger partial charge in [0.25, 0.3) is 0 Å². The number of likely N-dealkylation sites (tertiary alicyclic amines) is 1. The van der Waals surface area contributed by atoms with Crippen LogP contribution in [0.2, 0.25) is 0 Å². The van der Waals surface area contributed by atoms with Crippen LogP contribution in [0.5, 0.6) is 0 Å². The van der Waals surface area contributed by atoms with Crippen LogP contribution in [-0.4, -0.2) is 31.1 Å². The number of nitrogens with zero attached hydrogens (tertiary/aromatic N) is 2. The summed E-state index contributed by atoms with van der Waals surface area (Å²) < 4.78 is 0. The van der Waals surface area contributed by atoms with Gasteiger partial charge in [0.05, 0.1) is 12.0 Å². The molecule has 1 fully saturated rings. The van der Waals surface area contributed by atoms with Crippen LogP contribution in [-0.2, 0) is 0 Å². The van der Waals surface area contributed by atoms with E-state index in [1.54, 1.807) is 0 Å². The lowest BCUT2D eigenvalue weighted by atomic mass is 10.1. The molecule has 3 nitrogen and oxygen atoms in total. The summed E-state index contributed by atoms with van der Waals surface area (Å²) in [6, 6.07) is 2.25. The van der Waals surface area contributed by atoms with Crippen LogP contribution in [0.25, 0.3) is 0 Å². The van der Waals surface area contributed by atoms with Crippen molar-refractivity contribution in [2.45, 2.75) is 6.04 Å². The van der Waals surface area contributed by atoms with Gasteiger partial charge in [-0.2, -0.15) is 5.26 Å². The van der Waals surface area contributed by atoms with Crippen molar-refractivity contribution in [1.82, 2.24) is 4.90 Å². The molecule has 1 rings (SSSR count). The normalized spacial score (nSPS) is 36.6. The molecule has 3 heteroatoms. The molecule has 0 radical (unpaired) electrons. The minimum atomic E-state index is 0.0509. The molecule has 0 saturated carbocycles. The number of rotatable bonds is 0. The SMILES string of the molecule is CN1CC(C#N)[C@@H](N)C1. The Hall–Kier alpha value is -0.590. The fraction of sp³-hybridized carbons (Fsp3) is 0.833. The quantitative estimate of drug-likeness (QED) is 0.470. The average Bonchev–Trinajstić information content (AvgIpc) is 2.10. The molecule has 0 aliphatic carbocycles. The van der Waals surface area contributed by atoms with E-state index in [4.69, 9.17) is 11.0 Å². The molecule has 0 aromatic heterocycles. The third-order valence-electron chi connectivity index (χ3n) is 1.71. The largest absolute Gasteiger partial charge is 0.325 e. The Morgan fingerprint density at radius 2 is 2.33 bits per heavy atom. The van der Waals surface area contributed by atoms with Crippen LogP contribution in [0.1, 0.15) is 0 Å². The molecule has 0 aromatic rings. The highest BCUT2D eigenvalue weighted by atomic mass is 15.1. The molecule has 1 unspecified atom stereocenters. The Bertz CT molecular complexity index is 138. The van der Waals surface area contributed by atoms with Gasteiger partial charge in [-0.1, -0.05) is 0 Å². The van der Waals surface area contributed by atoms with Gasteiger partial charge in [0.2, 0.25) is 0 Å². The molecule has 2 N–H and O–H groups in total. The first kappa shape index (κ1) is 6.53. The molecule has 9 heavy (non-hydrogen) atoms. The minimum absolute atomic E-state index is 0.0509. The molecular formula is C6H11N3. The highest BCUT2D eigenvalue weighted by molar-refractivity contribution is 4.97. The van der Waals surface area contributed by atoms with Gasteiger partial charge < -0.3 is 10.6 Å². The molecule has 1 aliphatic rings. The van der Waals surface area contributed by atoms with E-state index in [0.29, 0.717) is 0 Å². The van der Waals surface area contributed by atoms with Gasteiger partial charge in [-0.05, 0) is 7.05 Å².